The van der Waals surface area contributed by atoms with Gasteiger partial charge in [0.05, 0.1) is 14.2 Å². The molecule has 25 heavy (non-hydrogen) atoms. The lowest BCUT2D eigenvalue weighted by Gasteiger charge is -2.13. The van der Waals surface area contributed by atoms with E-state index >= 15 is 0 Å². The van der Waals surface area contributed by atoms with E-state index < -0.39 is 0 Å². The highest BCUT2D eigenvalue weighted by Crippen LogP contribution is 2.33. The molecule has 0 saturated carbocycles. The number of hydrogen-bond donors (Lipinski definition) is 1. The Morgan fingerprint density at radius 1 is 1.12 bits per heavy atom. The maximum absolute atomic E-state index is 12.0. The van der Waals surface area contributed by atoms with Gasteiger partial charge in [-0.15, -0.1) is 0 Å². The number of halogens is 2. The normalized spacial score (nSPS) is 10.3. The van der Waals surface area contributed by atoms with E-state index in [2.05, 4.69) is 21.2 Å². The van der Waals surface area contributed by atoms with E-state index in [4.69, 9.17) is 25.8 Å². The zero-order chi connectivity index (χ0) is 18.4. The molecular formula is C18H19BrClNO4. The first-order valence-electron chi connectivity index (χ1n) is 7.50. The van der Waals surface area contributed by atoms with Crippen LogP contribution in [0.5, 0.6) is 17.2 Å². The summed E-state index contributed by atoms with van der Waals surface area (Å²) in [5.41, 5.74) is 1.68. The maximum Gasteiger partial charge on any atom is 0.258 e. The molecule has 0 atom stereocenters. The van der Waals surface area contributed by atoms with Gasteiger partial charge in [0.15, 0.2) is 18.1 Å². The average molecular weight is 429 g/mol. The summed E-state index contributed by atoms with van der Waals surface area (Å²) < 4.78 is 16.9. The Kier molecular flexibility index (Phi) is 6.96. The van der Waals surface area contributed by atoms with Crippen molar-refractivity contribution in [1.29, 1.82) is 0 Å². The van der Waals surface area contributed by atoms with Gasteiger partial charge in [0.2, 0.25) is 0 Å². The Morgan fingerprint density at radius 3 is 2.44 bits per heavy atom. The van der Waals surface area contributed by atoms with Crippen molar-refractivity contribution in [2.24, 2.45) is 0 Å². The molecule has 0 aromatic heterocycles. The van der Waals surface area contributed by atoms with Gasteiger partial charge >= 0.3 is 0 Å². The van der Waals surface area contributed by atoms with Crippen LogP contribution in [-0.4, -0.2) is 26.7 Å². The second-order valence-corrected chi connectivity index (χ2v) is 6.60. The largest absolute Gasteiger partial charge is 0.493 e. The summed E-state index contributed by atoms with van der Waals surface area (Å²) in [6.07, 6.45) is 0. The second kappa shape index (κ2) is 8.97. The van der Waals surface area contributed by atoms with Gasteiger partial charge in [0, 0.05) is 22.1 Å². The predicted molar refractivity (Wildman–Crippen MR) is 101 cm³/mol. The van der Waals surface area contributed by atoms with Crippen LogP contribution in [0.15, 0.2) is 34.8 Å². The van der Waals surface area contributed by atoms with Gasteiger partial charge < -0.3 is 19.5 Å². The van der Waals surface area contributed by atoms with Crippen molar-refractivity contribution in [2.75, 3.05) is 20.8 Å². The first kappa shape index (κ1) is 19.4. The Hall–Kier alpha value is -1.92. The molecule has 0 spiro atoms. The lowest BCUT2D eigenvalue weighted by molar-refractivity contribution is -0.123. The molecule has 0 aliphatic rings. The summed E-state index contributed by atoms with van der Waals surface area (Å²) in [5, 5.41) is 3.26. The number of aryl methyl sites for hydroxylation is 1. The van der Waals surface area contributed by atoms with Crippen LogP contribution < -0.4 is 19.5 Å². The SMILES string of the molecule is COc1cc(Cl)c(CNC(=O)COc2ccc(Br)cc2C)cc1OC. The first-order valence-corrected chi connectivity index (χ1v) is 8.67. The van der Waals surface area contributed by atoms with Gasteiger partial charge in [0.1, 0.15) is 5.75 Å². The molecule has 0 aliphatic carbocycles. The number of rotatable bonds is 7. The number of nitrogens with one attached hydrogen (secondary N) is 1. The van der Waals surface area contributed by atoms with Crippen molar-refractivity contribution in [2.45, 2.75) is 13.5 Å². The average Bonchev–Trinajstić information content (AvgIpc) is 2.59. The zero-order valence-corrected chi connectivity index (χ0v) is 16.5. The summed E-state index contributed by atoms with van der Waals surface area (Å²) in [6, 6.07) is 9.00. The van der Waals surface area contributed by atoms with Gasteiger partial charge in [0.25, 0.3) is 5.91 Å². The molecule has 0 fully saturated rings. The van der Waals surface area contributed by atoms with Crippen LogP contribution in [0.1, 0.15) is 11.1 Å². The number of carbonyl (C=O) groups is 1. The predicted octanol–water partition coefficient (Wildman–Crippen LogP) is 4.12. The molecule has 2 aromatic rings. The van der Waals surface area contributed by atoms with Crippen molar-refractivity contribution < 1.29 is 19.0 Å². The molecule has 5 nitrogen and oxygen atoms in total. The maximum atomic E-state index is 12.0. The quantitative estimate of drug-likeness (QED) is 0.721. The molecule has 2 rings (SSSR count). The third-order valence-corrected chi connectivity index (χ3v) is 4.37. The van der Waals surface area contributed by atoms with Gasteiger partial charge in [-0.2, -0.15) is 0 Å². The number of benzene rings is 2. The van der Waals surface area contributed by atoms with Gasteiger partial charge in [-0.1, -0.05) is 27.5 Å². The van der Waals surface area contributed by atoms with Gasteiger partial charge in [-0.3, -0.25) is 4.79 Å². The third kappa shape index (κ3) is 5.28. The summed E-state index contributed by atoms with van der Waals surface area (Å²) in [7, 11) is 3.08. The van der Waals surface area contributed by atoms with Crippen LogP contribution >= 0.6 is 27.5 Å². The lowest BCUT2D eigenvalue weighted by Crippen LogP contribution is -2.28. The monoisotopic (exact) mass is 427 g/mol. The van der Waals surface area contributed by atoms with Gasteiger partial charge in [-0.25, -0.2) is 0 Å². The van der Waals surface area contributed by atoms with E-state index in [-0.39, 0.29) is 19.1 Å². The highest BCUT2D eigenvalue weighted by atomic mass is 79.9. The van der Waals surface area contributed by atoms with Crippen molar-refractivity contribution in [3.63, 3.8) is 0 Å². The highest BCUT2D eigenvalue weighted by Gasteiger charge is 2.11. The van der Waals surface area contributed by atoms with Crippen LogP contribution in [0.4, 0.5) is 0 Å². The summed E-state index contributed by atoms with van der Waals surface area (Å²) in [5.74, 6) is 1.52. The minimum atomic E-state index is -0.242. The molecule has 0 unspecified atom stereocenters. The van der Waals surface area contributed by atoms with Crippen LogP contribution in [0.3, 0.4) is 0 Å². The van der Waals surface area contributed by atoms with Gasteiger partial charge in [-0.05, 0) is 42.3 Å². The van der Waals surface area contributed by atoms with E-state index in [9.17, 15) is 4.79 Å². The molecular weight excluding hydrogens is 410 g/mol. The highest BCUT2D eigenvalue weighted by molar-refractivity contribution is 9.10. The van der Waals surface area contributed by atoms with Crippen molar-refractivity contribution >= 4 is 33.4 Å². The standard InChI is InChI=1S/C18H19BrClNO4/c1-11-6-13(19)4-5-15(11)25-10-18(22)21-9-12-7-16(23-2)17(24-3)8-14(12)20/h4-8H,9-10H2,1-3H3,(H,21,22). The minimum absolute atomic E-state index is 0.0760. The summed E-state index contributed by atoms with van der Waals surface area (Å²) in [4.78, 5) is 12.0. The first-order chi connectivity index (χ1) is 11.9. The molecule has 0 aliphatic heterocycles. The zero-order valence-electron chi connectivity index (χ0n) is 14.2. The molecule has 2 aromatic carbocycles. The molecule has 7 heteroatoms. The van der Waals surface area contributed by atoms with Crippen LogP contribution in [0, 0.1) is 6.92 Å². The summed E-state index contributed by atoms with van der Waals surface area (Å²) >= 11 is 9.60. The topological polar surface area (TPSA) is 56.8 Å². The second-order valence-electron chi connectivity index (χ2n) is 5.27. The van der Waals surface area contributed by atoms with E-state index in [0.717, 1.165) is 15.6 Å². The molecule has 1 N–H and O–H groups in total. The fraction of sp³-hybridized carbons (Fsp3) is 0.278. The van der Waals surface area contributed by atoms with E-state index in [1.807, 2.05) is 25.1 Å². The number of methoxy groups -OCH3 is 2. The number of hydrogen-bond acceptors (Lipinski definition) is 4. The molecule has 1 amide bonds. The number of carbonyl (C=O) groups excluding carboxylic acids is 1. The molecule has 134 valence electrons. The van der Waals surface area contributed by atoms with Crippen LogP contribution in [-0.2, 0) is 11.3 Å². The summed E-state index contributed by atoms with van der Waals surface area (Å²) in [6.45, 7) is 2.11. The fourth-order valence-corrected chi connectivity index (χ4v) is 2.89. The smallest absolute Gasteiger partial charge is 0.258 e. The van der Waals surface area contributed by atoms with Crippen molar-refractivity contribution in [3.05, 3.63) is 51.0 Å². The number of amides is 1. The third-order valence-electron chi connectivity index (χ3n) is 3.52. The Balaban J connectivity index is 1.93. The van der Waals surface area contributed by atoms with Crippen LogP contribution in [0.2, 0.25) is 5.02 Å². The van der Waals surface area contributed by atoms with E-state index in [0.29, 0.717) is 22.3 Å². The fourth-order valence-electron chi connectivity index (χ4n) is 2.19. The molecule has 0 heterocycles. The Bertz CT molecular complexity index is 767. The van der Waals surface area contributed by atoms with Crippen LogP contribution in [0.25, 0.3) is 0 Å². The lowest BCUT2D eigenvalue weighted by atomic mass is 10.2. The van der Waals surface area contributed by atoms with Crippen molar-refractivity contribution in [1.82, 2.24) is 5.32 Å². The molecule has 0 radical (unpaired) electrons. The minimum Gasteiger partial charge on any atom is -0.493 e. The Labute approximate surface area is 160 Å². The number of ether oxygens (including phenoxy) is 3. The molecule has 0 bridgehead atoms. The van der Waals surface area contributed by atoms with Crippen molar-refractivity contribution in [3.8, 4) is 17.2 Å². The Morgan fingerprint density at radius 2 is 1.80 bits per heavy atom. The van der Waals surface area contributed by atoms with E-state index in [1.165, 1.54) is 7.11 Å². The molecule has 0 saturated heterocycles. The van der Waals surface area contributed by atoms with E-state index in [1.54, 1.807) is 19.2 Å².